The molecule has 0 aliphatic carbocycles. The second kappa shape index (κ2) is 6.14. The Labute approximate surface area is 135 Å². The molecule has 112 valence electrons. The van der Waals surface area contributed by atoms with Crippen LogP contribution in [0.2, 0.25) is 0 Å². The highest BCUT2D eigenvalue weighted by Gasteiger charge is 2.23. The lowest BCUT2D eigenvalue weighted by Gasteiger charge is -2.22. The van der Waals surface area contributed by atoms with Gasteiger partial charge in [0.25, 0.3) is 0 Å². The fourth-order valence-corrected chi connectivity index (χ4v) is 2.97. The quantitative estimate of drug-likeness (QED) is 0.853. The van der Waals surface area contributed by atoms with Gasteiger partial charge in [-0.1, -0.05) is 50.6 Å². The zero-order valence-electron chi connectivity index (χ0n) is 13.3. The summed E-state index contributed by atoms with van der Waals surface area (Å²) >= 11 is 3.65. The Hall–Kier alpha value is -1.42. The van der Waals surface area contributed by atoms with Crippen LogP contribution in [0.5, 0.6) is 0 Å². The molecule has 0 amide bonds. The standard InChI is InChI=1S/C17H22BrN3/c1-6-19-16-13(18)14(17(3,4)5)20-15(21-16)12-9-7-11(2)8-10-12/h7-10H,6H2,1-5H3,(H,19,20,21). The number of halogens is 1. The van der Waals surface area contributed by atoms with E-state index in [0.717, 1.165) is 33.9 Å². The summed E-state index contributed by atoms with van der Waals surface area (Å²) in [5.41, 5.74) is 3.24. The van der Waals surface area contributed by atoms with E-state index in [-0.39, 0.29) is 5.41 Å². The van der Waals surface area contributed by atoms with Crippen LogP contribution in [0.25, 0.3) is 11.4 Å². The number of hydrogen-bond donors (Lipinski definition) is 1. The topological polar surface area (TPSA) is 37.8 Å². The number of aromatic nitrogens is 2. The minimum absolute atomic E-state index is 0.0502. The zero-order chi connectivity index (χ0) is 15.6. The van der Waals surface area contributed by atoms with Crippen LogP contribution in [0.4, 0.5) is 5.82 Å². The minimum atomic E-state index is -0.0502. The van der Waals surface area contributed by atoms with Crippen LogP contribution in [0.1, 0.15) is 39.0 Å². The van der Waals surface area contributed by atoms with Gasteiger partial charge in [0.15, 0.2) is 5.82 Å². The Morgan fingerprint density at radius 1 is 1.10 bits per heavy atom. The minimum Gasteiger partial charge on any atom is -0.369 e. The Bertz CT molecular complexity index is 628. The smallest absolute Gasteiger partial charge is 0.161 e. The average Bonchev–Trinajstić information content (AvgIpc) is 2.41. The number of hydrogen-bond acceptors (Lipinski definition) is 3. The predicted molar refractivity (Wildman–Crippen MR) is 92.8 cm³/mol. The molecule has 0 atom stereocenters. The summed E-state index contributed by atoms with van der Waals surface area (Å²) in [6.07, 6.45) is 0. The molecule has 21 heavy (non-hydrogen) atoms. The molecule has 0 fully saturated rings. The summed E-state index contributed by atoms with van der Waals surface area (Å²) < 4.78 is 0.952. The highest BCUT2D eigenvalue weighted by molar-refractivity contribution is 9.10. The van der Waals surface area contributed by atoms with Crippen molar-refractivity contribution in [2.45, 2.75) is 40.0 Å². The van der Waals surface area contributed by atoms with Crippen molar-refractivity contribution < 1.29 is 0 Å². The largest absolute Gasteiger partial charge is 0.369 e. The van der Waals surface area contributed by atoms with Gasteiger partial charge in [0.1, 0.15) is 5.82 Å². The van der Waals surface area contributed by atoms with Crippen LogP contribution in [0, 0.1) is 6.92 Å². The molecule has 0 aliphatic rings. The Morgan fingerprint density at radius 3 is 2.24 bits per heavy atom. The summed E-state index contributed by atoms with van der Waals surface area (Å²) in [5, 5.41) is 3.31. The van der Waals surface area contributed by atoms with Crippen LogP contribution in [-0.2, 0) is 5.41 Å². The van der Waals surface area contributed by atoms with Crippen molar-refractivity contribution in [3.05, 3.63) is 40.0 Å². The molecule has 0 spiro atoms. The fourth-order valence-electron chi connectivity index (χ4n) is 2.06. The number of anilines is 1. The molecular weight excluding hydrogens is 326 g/mol. The molecule has 0 aliphatic heterocycles. The maximum atomic E-state index is 4.79. The van der Waals surface area contributed by atoms with Crippen molar-refractivity contribution in [3.8, 4) is 11.4 Å². The van der Waals surface area contributed by atoms with Gasteiger partial charge in [-0.25, -0.2) is 9.97 Å². The van der Waals surface area contributed by atoms with Crippen LogP contribution in [0.15, 0.2) is 28.7 Å². The summed E-state index contributed by atoms with van der Waals surface area (Å²) in [5.74, 6) is 1.62. The lowest BCUT2D eigenvalue weighted by Crippen LogP contribution is -2.17. The summed E-state index contributed by atoms with van der Waals surface area (Å²) in [4.78, 5) is 9.46. The fraction of sp³-hybridized carbons (Fsp3) is 0.412. The van der Waals surface area contributed by atoms with Crippen molar-refractivity contribution in [1.29, 1.82) is 0 Å². The van der Waals surface area contributed by atoms with Gasteiger partial charge in [0.05, 0.1) is 10.2 Å². The molecule has 0 unspecified atom stereocenters. The van der Waals surface area contributed by atoms with Crippen LogP contribution in [-0.4, -0.2) is 16.5 Å². The highest BCUT2D eigenvalue weighted by atomic mass is 79.9. The molecule has 0 bridgehead atoms. The summed E-state index contributed by atoms with van der Waals surface area (Å²) in [6.45, 7) is 11.5. The van der Waals surface area contributed by atoms with Crippen molar-refractivity contribution in [1.82, 2.24) is 9.97 Å². The van der Waals surface area contributed by atoms with Crippen LogP contribution in [0.3, 0.4) is 0 Å². The SMILES string of the molecule is CCNc1nc(-c2ccc(C)cc2)nc(C(C)(C)C)c1Br. The van der Waals surface area contributed by atoms with E-state index in [4.69, 9.17) is 4.98 Å². The number of nitrogens with one attached hydrogen (secondary N) is 1. The van der Waals surface area contributed by atoms with Gasteiger partial charge in [-0.2, -0.15) is 0 Å². The van der Waals surface area contributed by atoms with Crippen LogP contribution >= 0.6 is 15.9 Å². The Kier molecular flexibility index (Phi) is 4.67. The van der Waals surface area contributed by atoms with Crippen molar-refractivity contribution >= 4 is 21.7 Å². The van der Waals surface area contributed by atoms with E-state index < -0.39 is 0 Å². The monoisotopic (exact) mass is 347 g/mol. The molecule has 2 rings (SSSR count). The van der Waals surface area contributed by atoms with Gasteiger partial charge >= 0.3 is 0 Å². The molecule has 1 aromatic carbocycles. The predicted octanol–water partition coefficient (Wildman–Crippen LogP) is 4.94. The zero-order valence-corrected chi connectivity index (χ0v) is 14.9. The molecule has 1 aromatic heterocycles. The van der Waals surface area contributed by atoms with Gasteiger partial charge < -0.3 is 5.32 Å². The molecule has 0 saturated heterocycles. The maximum Gasteiger partial charge on any atom is 0.161 e. The van der Waals surface area contributed by atoms with Gasteiger partial charge in [-0.05, 0) is 29.8 Å². The van der Waals surface area contributed by atoms with Crippen LogP contribution < -0.4 is 5.32 Å². The van der Waals surface area contributed by atoms with Crippen molar-refractivity contribution in [3.63, 3.8) is 0 Å². The third kappa shape index (κ3) is 3.62. The van der Waals surface area contributed by atoms with Crippen molar-refractivity contribution in [2.75, 3.05) is 11.9 Å². The van der Waals surface area contributed by atoms with E-state index in [0.29, 0.717) is 0 Å². The first-order valence-corrected chi connectivity index (χ1v) is 8.01. The highest BCUT2D eigenvalue weighted by Crippen LogP contribution is 2.34. The maximum absolute atomic E-state index is 4.79. The molecule has 1 N–H and O–H groups in total. The Balaban J connectivity index is 2.61. The number of rotatable bonds is 3. The van der Waals surface area contributed by atoms with E-state index >= 15 is 0 Å². The first-order chi connectivity index (χ1) is 9.82. The molecular formula is C17H22BrN3. The first kappa shape index (κ1) is 16.0. The average molecular weight is 348 g/mol. The van der Waals surface area contributed by atoms with E-state index in [1.165, 1.54) is 5.56 Å². The first-order valence-electron chi connectivity index (χ1n) is 7.22. The molecule has 4 heteroatoms. The summed E-state index contributed by atoms with van der Waals surface area (Å²) in [7, 11) is 0. The number of nitrogens with zero attached hydrogens (tertiary/aromatic N) is 2. The van der Waals surface area contributed by atoms with Gasteiger partial charge in [-0.15, -0.1) is 0 Å². The second-order valence-electron chi connectivity index (χ2n) is 6.20. The van der Waals surface area contributed by atoms with E-state index in [9.17, 15) is 0 Å². The van der Waals surface area contributed by atoms with Gasteiger partial charge in [-0.3, -0.25) is 0 Å². The molecule has 3 nitrogen and oxygen atoms in total. The van der Waals surface area contributed by atoms with E-state index in [1.807, 2.05) is 0 Å². The summed E-state index contributed by atoms with van der Waals surface area (Å²) in [6, 6.07) is 8.32. The molecule has 1 heterocycles. The lowest BCUT2D eigenvalue weighted by atomic mass is 9.91. The van der Waals surface area contributed by atoms with E-state index in [2.05, 4.69) is 85.1 Å². The lowest BCUT2D eigenvalue weighted by molar-refractivity contribution is 0.564. The normalized spacial score (nSPS) is 11.5. The molecule has 0 radical (unpaired) electrons. The van der Waals surface area contributed by atoms with E-state index in [1.54, 1.807) is 0 Å². The third-order valence-corrected chi connectivity index (χ3v) is 3.97. The third-order valence-electron chi connectivity index (χ3n) is 3.22. The van der Waals surface area contributed by atoms with Crippen molar-refractivity contribution in [2.24, 2.45) is 0 Å². The number of benzene rings is 1. The van der Waals surface area contributed by atoms with Gasteiger partial charge in [0, 0.05) is 17.5 Å². The second-order valence-corrected chi connectivity index (χ2v) is 7.00. The molecule has 0 saturated carbocycles. The molecule has 2 aromatic rings. The Morgan fingerprint density at radius 2 is 1.71 bits per heavy atom. The van der Waals surface area contributed by atoms with Gasteiger partial charge in [0.2, 0.25) is 0 Å². The number of aryl methyl sites for hydroxylation is 1.